The van der Waals surface area contributed by atoms with Gasteiger partial charge in [-0.1, -0.05) is 33.6 Å². The Labute approximate surface area is 122 Å². The molecule has 1 aromatic carbocycles. The van der Waals surface area contributed by atoms with Crippen molar-refractivity contribution in [1.82, 2.24) is 4.31 Å². The summed E-state index contributed by atoms with van der Waals surface area (Å²) >= 11 is 3.21. The van der Waals surface area contributed by atoms with Crippen molar-refractivity contribution in [2.45, 2.75) is 29.1 Å². The van der Waals surface area contributed by atoms with Gasteiger partial charge in [-0.2, -0.15) is 4.31 Å². The average molecular weight is 345 g/mol. The molecule has 102 valence electrons. The second-order valence-corrected chi connectivity index (χ2v) is 7.68. The van der Waals surface area contributed by atoms with Crippen LogP contribution in [-0.4, -0.2) is 35.9 Å². The maximum absolute atomic E-state index is 12.5. The van der Waals surface area contributed by atoms with E-state index in [9.17, 15) is 13.2 Å². The van der Waals surface area contributed by atoms with Crippen LogP contribution in [0.3, 0.4) is 0 Å². The number of rotatable bonds is 2. The molecule has 19 heavy (non-hydrogen) atoms. The molecule has 1 aliphatic heterocycles. The zero-order valence-electron chi connectivity index (χ0n) is 10.5. The van der Waals surface area contributed by atoms with Gasteiger partial charge in [0, 0.05) is 6.54 Å². The van der Waals surface area contributed by atoms with Crippen molar-refractivity contribution in [3.05, 3.63) is 36.8 Å². The van der Waals surface area contributed by atoms with Gasteiger partial charge in [-0.25, -0.2) is 8.42 Å². The number of hydrogen-bond donors (Lipinski definition) is 0. The third-order valence-corrected chi connectivity index (χ3v) is 5.89. The van der Waals surface area contributed by atoms with Gasteiger partial charge in [0.05, 0.1) is 23.1 Å². The van der Waals surface area contributed by atoms with Crippen molar-refractivity contribution < 1.29 is 13.2 Å². The van der Waals surface area contributed by atoms with Crippen LogP contribution in [0.1, 0.15) is 12.0 Å². The van der Waals surface area contributed by atoms with Gasteiger partial charge in [0.15, 0.2) is 11.8 Å². The van der Waals surface area contributed by atoms with Gasteiger partial charge in [0.2, 0.25) is 10.0 Å². The number of halogens is 1. The molecule has 0 amide bonds. The van der Waals surface area contributed by atoms with Crippen molar-refractivity contribution >= 4 is 31.7 Å². The van der Waals surface area contributed by atoms with Crippen LogP contribution in [0.15, 0.2) is 29.2 Å². The van der Waals surface area contributed by atoms with E-state index in [0.717, 1.165) is 5.56 Å². The Balaban J connectivity index is 2.34. The lowest BCUT2D eigenvalue weighted by atomic mass is 10.1. The van der Waals surface area contributed by atoms with E-state index in [0.29, 0.717) is 0 Å². The standard InChI is InChI=1S/C13H15BrNO3S/c1-9-3-5-11(6-4-9)19(17,18)15-8-12(14)13(16)7-10(15)2/h3-6,10,12H,2,7-8H2,1H3/q+1. The molecule has 0 bridgehead atoms. The highest BCUT2D eigenvalue weighted by Crippen LogP contribution is 2.26. The number of benzene rings is 1. The zero-order chi connectivity index (χ0) is 14.2. The van der Waals surface area contributed by atoms with E-state index in [-0.39, 0.29) is 23.6 Å². The first kappa shape index (κ1) is 14.6. The molecule has 0 N–H and O–H groups in total. The number of sulfonamides is 1. The van der Waals surface area contributed by atoms with E-state index in [1.807, 2.05) is 6.92 Å². The molecular weight excluding hydrogens is 330 g/mol. The Bertz CT molecular complexity index is 582. The lowest BCUT2D eigenvalue weighted by Crippen LogP contribution is -2.49. The predicted octanol–water partition coefficient (Wildman–Crippen LogP) is 1.92. The highest BCUT2D eigenvalue weighted by atomic mass is 79.9. The van der Waals surface area contributed by atoms with Crippen LogP contribution < -0.4 is 0 Å². The van der Waals surface area contributed by atoms with Gasteiger partial charge in [0.25, 0.3) is 0 Å². The van der Waals surface area contributed by atoms with Crippen molar-refractivity contribution in [2.24, 2.45) is 0 Å². The van der Waals surface area contributed by atoms with Gasteiger partial charge in [-0.15, -0.1) is 0 Å². The average Bonchev–Trinajstić information content (AvgIpc) is 2.34. The molecule has 0 saturated carbocycles. The van der Waals surface area contributed by atoms with E-state index < -0.39 is 20.9 Å². The van der Waals surface area contributed by atoms with E-state index in [2.05, 4.69) is 22.9 Å². The summed E-state index contributed by atoms with van der Waals surface area (Å²) in [6.45, 7) is 5.80. The summed E-state index contributed by atoms with van der Waals surface area (Å²) in [5, 5.41) is 0. The van der Waals surface area contributed by atoms with Crippen LogP contribution >= 0.6 is 15.9 Å². The van der Waals surface area contributed by atoms with Crippen LogP contribution in [-0.2, 0) is 14.8 Å². The van der Waals surface area contributed by atoms with Crippen LogP contribution in [0.4, 0.5) is 0 Å². The monoisotopic (exact) mass is 344 g/mol. The van der Waals surface area contributed by atoms with Gasteiger partial charge < -0.3 is 0 Å². The SMILES string of the molecule is [CH2+]C1CC(=O)C(Br)CN1S(=O)(=O)c1ccc(C)cc1. The molecule has 0 aliphatic carbocycles. The van der Waals surface area contributed by atoms with Crippen LogP contribution in [0, 0.1) is 13.8 Å². The number of piperidine rings is 1. The number of nitrogens with zero attached hydrogens (tertiary/aromatic N) is 1. The van der Waals surface area contributed by atoms with Crippen LogP contribution in [0.5, 0.6) is 0 Å². The van der Waals surface area contributed by atoms with Crippen LogP contribution in [0.2, 0.25) is 0 Å². The van der Waals surface area contributed by atoms with Gasteiger partial charge in [-0.3, -0.25) is 4.79 Å². The third-order valence-electron chi connectivity index (χ3n) is 3.16. The molecule has 0 spiro atoms. The van der Waals surface area contributed by atoms with Gasteiger partial charge in [-0.05, 0) is 19.1 Å². The molecule has 6 heteroatoms. The van der Waals surface area contributed by atoms with E-state index in [4.69, 9.17) is 0 Å². The largest absolute Gasteiger partial charge is 0.298 e. The topological polar surface area (TPSA) is 54.5 Å². The fourth-order valence-corrected chi connectivity index (χ4v) is 4.26. The summed E-state index contributed by atoms with van der Waals surface area (Å²) in [4.78, 5) is 11.3. The minimum absolute atomic E-state index is 0.00430. The highest BCUT2D eigenvalue weighted by molar-refractivity contribution is 9.10. The number of hydrogen-bond acceptors (Lipinski definition) is 3. The Morgan fingerprint density at radius 1 is 1.32 bits per heavy atom. The van der Waals surface area contributed by atoms with E-state index in [1.165, 1.54) is 4.31 Å². The first-order valence-electron chi connectivity index (χ1n) is 5.91. The Morgan fingerprint density at radius 2 is 1.89 bits per heavy atom. The Hall–Kier alpha value is -0.850. The minimum atomic E-state index is -3.60. The number of ketones is 1. The first-order chi connectivity index (χ1) is 8.82. The molecular formula is C13H15BrNO3S+. The fraction of sp³-hybridized carbons (Fsp3) is 0.385. The number of carbonyl (C=O) groups excluding carboxylic acids is 1. The summed E-state index contributed by atoms with van der Waals surface area (Å²) in [6, 6.07) is 6.12. The molecule has 2 rings (SSSR count). The molecule has 2 atom stereocenters. The summed E-state index contributed by atoms with van der Waals surface area (Å²) in [7, 11) is -3.60. The summed E-state index contributed by atoms with van der Waals surface area (Å²) < 4.78 is 26.3. The lowest BCUT2D eigenvalue weighted by Gasteiger charge is -2.30. The zero-order valence-corrected chi connectivity index (χ0v) is 12.9. The summed E-state index contributed by atoms with van der Waals surface area (Å²) in [5.74, 6) is -0.00430. The van der Waals surface area contributed by atoms with E-state index >= 15 is 0 Å². The predicted molar refractivity (Wildman–Crippen MR) is 76.6 cm³/mol. The van der Waals surface area contributed by atoms with Crippen LogP contribution in [0.25, 0.3) is 0 Å². The molecule has 1 heterocycles. The van der Waals surface area contributed by atoms with Crippen molar-refractivity contribution in [3.63, 3.8) is 0 Å². The molecule has 4 nitrogen and oxygen atoms in total. The quantitative estimate of drug-likeness (QED) is 0.608. The fourth-order valence-electron chi connectivity index (χ4n) is 2.01. The normalized spacial score (nSPS) is 25.5. The molecule has 1 aliphatic rings. The Morgan fingerprint density at radius 3 is 2.47 bits per heavy atom. The van der Waals surface area contributed by atoms with Crippen molar-refractivity contribution in [2.75, 3.05) is 6.54 Å². The molecule has 1 fully saturated rings. The van der Waals surface area contributed by atoms with Crippen molar-refractivity contribution in [1.29, 1.82) is 0 Å². The van der Waals surface area contributed by atoms with Gasteiger partial charge >= 0.3 is 0 Å². The summed E-state index contributed by atoms with van der Waals surface area (Å²) in [6.07, 6.45) is 0.140. The number of alkyl halides is 1. The number of aryl methyl sites for hydroxylation is 1. The maximum atomic E-state index is 12.5. The molecule has 0 radical (unpaired) electrons. The Kier molecular flexibility index (Phi) is 4.03. The third kappa shape index (κ3) is 2.85. The van der Waals surface area contributed by atoms with E-state index in [1.54, 1.807) is 24.3 Å². The second-order valence-electron chi connectivity index (χ2n) is 4.68. The minimum Gasteiger partial charge on any atom is -0.298 e. The molecule has 1 aromatic rings. The molecule has 2 unspecified atom stereocenters. The van der Waals surface area contributed by atoms with Crippen molar-refractivity contribution in [3.8, 4) is 0 Å². The first-order valence-corrected chi connectivity index (χ1v) is 8.26. The van der Waals surface area contributed by atoms with Gasteiger partial charge in [0.1, 0.15) is 0 Å². The molecule has 0 aromatic heterocycles. The molecule has 1 saturated heterocycles. The number of carbonyl (C=O) groups is 1. The second kappa shape index (κ2) is 5.26. The highest BCUT2D eigenvalue weighted by Gasteiger charge is 2.41. The lowest BCUT2D eigenvalue weighted by molar-refractivity contribution is -0.120. The summed E-state index contributed by atoms with van der Waals surface area (Å²) in [5.41, 5.74) is 0.998. The number of Topliss-reactive ketones (excluding diaryl/α,β-unsaturated/α-hetero) is 1. The maximum Gasteiger partial charge on any atom is 0.246 e. The smallest absolute Gasteiger partial charge is 0.246 e.